The molecule has 0 aliphatic heterocycles. The smallest absolute Gasteiger partial charge is 0.258 e. The highest BCUT2D eigenvalue weighted by molar-refractivity contribution is 6.32. The van der Waals surface area contributed by atoms with E-state index in [0.29, 0.717) is 17.2 Å². The minimum absolute atomic E-state index is 0.0975. The predicted molar refractivity (Wildman–Crippen MR) is 68.0 cm³/mol. The molecule has 1 amide bonds. The number of carbonyl (C=O) groups excluding carboxylic acids is 1. The van der Waals surface area contributed by atoms with Gasteiger partial charge in [0.1, 0.15) is 5.75 Å². The maximum atomic E-state index is 11.1. The molecule has 1 unspecified atom stereocenters. The normalized spacial score (nSPS) is 14.1. The Morgan fingerprint density at radius 2 is 2.18 bits per heavy atom. The van der Waals surface area contributed by atoms with Crippen molar-refractivity contribution in [1.82, 2.24) is 0 Å². The van der Waals surface area contributed by atoms with Gasteiger partial charge in [-0.05, 0) is 31.0 Å². The molecule has 1 aromatic rings. The van der Waals surface area contributed by atoms with E-state index in [9.17, 15) is 4.79 Å². The van der Waals surface area contributed by atoms with Crippen molar-refractivity contribution in [3.8, 4) is 5.75 Å². The van der Waals surface area contributed by atoms with Gasteiger partial charge in [0, 0.05) is 6.04 Å². The van der Waals surface area contributed by atoms with Crippen molar-refractivity contribution in [2.45, 2.75) is 32.4 Å². The van der Waals surface area contributed by atoms with E-state index >= 15 is 0 Å². The zero-order valence-electron chi connectivity index (χ0n) is 9.94. The zero-order valence-corrected chi connectivity index (χ0v) is 10.7. The fourth-order valence-corrected chi connectivity index (χ4v) is 1.63. The van der Waals surface area contributed by atoms with Gasteiger partial charge in [0.2, 0.25) is 0 Å². The van der Waals surface area contributed by atoms with Crippen LogP contribution in [-0.2, 0) is 4.79 Å². The average Bonchev–Trinajstić information content (AvgIpc) is 2.26. The first-order chi connectivity index (χ1) is 7.95. The topological polar surface area (TPSA) is 78.3 Å². The Morgan fingerprint density at radius 1 is 1.53 bits per heavy atom. The Balaban J connectivity index is 2.89. The van der Waals surface area contributed by atoms with Crippen LogP contribution in [0.2, 0.25) is 5.02 Å². The third kappa shape index (κ3) is 3.61. The Morgan fingerprint density at radius 3 is 2.59 bits per heavy atom. The van der Waals surface area contributed by atoms with Crippen LogP contribution in [0.3, 0.4) is 0 Å². The minimum Gasteiger partial charge on any atom is -0.479 e. The van der Waals surface area contributed by atoms with Crippen molar-refractivity contribution < 1.29 is 9.53 Å². The van der Waals surface area contributed by atoms with Crippen LogP contribution in [0.15, 0.2) is 18.2 Å². The molecule has 0 saturated carbocycles. The molecule has 4 N–H and O–H groups in total. The number of primary amides is 1. The van der Waals surface area contributed by atoms with E-state index in [1.165, 1.54) is 0 Å². The summed E-state index contributed by atoms with van der Waals surface area (Å²) in [6.45, 7) is 3.68. The second kappa shape index (κ2) is 5.89. The molecule has 4 nitrogen and oxygen atoms in total. The number of benzene rings is 1. The molecule has 0 heterocycles. The van der Waals surface area contributed by atoms with E-state index in [2.05, 4.69) is 0 Å². The summed E-state index contributed by atoms with van der Waals surface area (Å²) in [6, 6.07) is 5.15. The molecule has 5 heteroatoms. The molecule has 2 atom stereocenters. The standard InChI is InChI=1S/C12H17ClN2O2/c1-3-10(12(15)16)17-11-5-4-8(7(2)14)6-9(11)13/h4-7,10H,3,14H2,1-2H3,(H2,15,16)/t7-,10?/m0/s1. The van der Waals surface area contributed by atoms with Gasteiger partial charge in [-0.3, -0.25) is 4.79 Å². The molecule has 0 aliphatic rings. The molecule has 0 fully saturated rings. The average molecular weight is 257 g/mol. The van der Waals surface area contributed by atoms with Gasteiger partial charge in [0.05, 0.1) is 5.02 Å². The number of hydrogen-bond acceptors (Lipinski definition) is 3. The predicted octanol–water partition coefficient (Wildman–Crippen LogP) is 2.00. The minimum atomic E-state index is -0.659. The second-order valence-electron chi connectivity index (χ2n) is 3.90. The summed E-state index contributed by atoms with van der Waals surface area (Å²) < 4.78 is 5.44. The summed E-state index contributed by atoms with van der Waals surface area (Å²) >= 11 is 6.05. The highest BCUT2D eigenvalue weighted by atomic mass is 35.5. The van der Waals surface area contributed by atoms with Crippen LogP contribution in [0.25, 0.3) is 0 Å². The summed E-state index contributed by atoms with van der Waals surface area (Å²) in [6.07, 6.45) is -0.158. The number of rotatable bonds is 5. The number of ether oxygens (including phenoxy) is 1. The van der Waals surface area contributed by atoms with Gasteiger partial charge < -0.3 is 16.2 Å². The Bertz CT molecular complexity index is 407. The van der Waals surface area contributed by atoms with Gasteiger partial charge in [-0.25, -0.2) is 0 Å². The zero-order chi connectivity index (χ0) is 13.0. The highest BCUT2D eigenvalue weighted by Gasteiger charge is 2.16. The molecule has 0 aromatic heterocycles. The summed E-state index contributed by atoms with van der Waals surface area (Å²) in [5.41, 5.74) is 11.8. The van der Waals surface area contributed by atoms with E-state index in [-0.39, 0.29) is 6.04 Å². The van der Waals surface area contributed by atoms with Crippen molar-refractivity contribution in [1.29, 1.82) is 0 Å². The number of nitrogens with two attached hydrogens (primary N) is 2. The first kappa shape index (κ1) is 13.8. The van der Waals surface area contributed by atoms with Gasteiger partial charge in [-0.15, -0.1) is 0 Å². The van der Waals surface area contributed by atoms with E-state index in [0.717, 1.165) is 5.56 Å². The molecule has 0 saturated heterocycles. The summed E-state index contributed by atoms with van der Waals surface area (Å²) in [7, 11) is 0. The largest absolute Gasteiger partial charge is 0.479 e. The molecule has 0 aliphatic carbocycles. The van der Waals surface area contributed by atoms with Crippen LogP contribution in [-0.4, -0.2) is 12.0 Å². The lowest BCUT2D eigenvalue weighted by Crippen LogP contribution is -2.33. The maximum Gasteiger partial charge on any atom is 0.258 e. The molecule has 94 valence electrons. The van der Waals surface area contributed by atoms with Crippen molar-refractivity contribution in [3.63, 3.8) is 0 Å². The van der Waals surface area contributed by atoms with Crippen molar-refractivity contribution in [3.05, 3.63) is 28.8 Å². The van der Waals surface area contributed by atoms with Crippen LogP contribution >= 0.6 is 11.6 Å². The highest BCUT2D eigenvalue weighted by Crippen LogP contribution is 2.28. The number of hydrogen-bond donors (Lipinski definition) is 2. The fourth-order valence-electron chi connectivity index (χ4n) is 1.39. The van der Waals surface area contributed by atoms with Gasteiger partial charge in [0.25, 0.3) is 5.91 Å². The van der Waals surface area contributed by atoms with Crippen LogP contribution in [0.1, 0.15) is 31.9 Å². The summed E-state index contributed by atoms with van der Waals surface area (Å²) in [4.78, 5) is 11.1. The van der Waals surface area contributed by atoms with E-state index in [4.69, 9.17) is 27.8 Å². The maximum absolute atomic E-state index is 11.1. The number of halogens is 1. The van der Waals surface area contributed by atoms with Crippen LogP contribution in [0, 0.1) is 0 Å². The van der Waals surface area contributed by atoms with Crippen LogP contribution in [0.4, 0.5) is 0 Å². The molecule has 1 rings (SSSR count). The van der Waals surface area contributed by atoms with Gasteiger partial charge in [-0.2, -0.15) is 0 Å². The van der Waals surface area contributed by atoms with Crippen LogP contribution < -0.4 is 16.2 Å². The molecule has 0 spiro atoms. The second-order valence-corrected chi connectivity index (χ2v) is 4.30. The number of carbonyl (C=O) groups is 1. The molecule has 17 heavy (non-hydrogen) atoms. The van der Waals surface area contributed by atoms with Crippen LogP contribution in [0.5, 0.6) is 5.75 Å². The molecule has 0 radical (unpaired) electrons. The van der Waals surface area contributed by atoms with Gasteiger partial charge in [0.15, 0.2) is 6.10 Å². The van der Waals surface area contributed by atoms with Crippen molar-refractivity contribution in [2.75, 3.05) is 0 Å². The van der Waals surface area contributed by atoms with Crippen molar-refractivity contribution >= 4 is 17.5 Å². The number of amides is 1. The fraction of sp³-hybridized carbons (Fsp3) is 0.417. The first-order valence-corrected chi connectivity index (χ1v) is 5.84. The molecular formula is C12H17ClN2O2. The first-order valence-electron chi connectivity index (χ1n) is 5.46. The van der Waals surface area contributed by atoms with E-state index in [1.54, 1.807) is 12.1 Å². The summed E-state index contributed by atoms with van der Waals surface area (Å²) in [5.74, 6) is -0.0541. The third-order valence-electron chi connectivity index (χ3n) is 2.44. The SMILES string of the molecule is CCC(Oc1ccc([C@H](C)N)cc1Cl)C(N)=O. The third-order valence-corrected chi connectivity index (χ3v) is 2.73. The summed E-state index contributed by atoms with van der Waals surface area (Å²) in [5, 5.41) is 0.430. The quantitative estimate of drug-likeness (QED) is 0.846. The van der Waals surface area contributed by atoms with Gasteiger partial charge in [-0.1, -0.05) is 24.6 Å². The van der Waals surface area contributed by atoms with E-state index in [1.807, 2.05) is 19.9 Å². The van der Waals surface area contributed by atoms with Crippen molar-refractivity contribution in [2.24, 2.45) is 11.5 Å². The lowest BCUT2D eigenvalue weighted by Gasteiger charge is -2.16. The Labute approximate surface area is 106 Å². The monoisotopic (exact) mass is 256 g/mol. The Hall–Kier alpha value is -1.26. The molecule has 1 aromatic carbocycles. The Kier molecular flexibility index (Phi) is 4.78. The molecular weight excluding hydrogens is 240 g/mol. The lowest BCUT2D eigenvalue weighted by atomic mass is 10.1. The van der Waals surface area contributed by atoms with E-state index < -0.39 is 12.0 Å². The molecule has 0 bridgehead atoms. The van der Waals surface area contributed by atoms with Gasteiger partial charge >= 0.3 is 0 Å². The lowest BCUT2D eigenvalue weighted by molar-refractivity contribution is -0.124.